The molecule has 328 valence electrons. The molecule has 12 aromatic carbocycles. The number of rotatable bonds is 5. The monoisotopic (exact) mass is 892 g/mol. The van der Waals surface area contributed by atoms with Gasteiger partial charge < -0.3 is 51.1 Å². The lowest BCUT2D eigenvalue weighted by Crippen LogP contribution is -1.94. The number of hydrogen-bond donors (Lipinski definition) is 10. The van der Waals surface area contributed by atoms with E-state index in [-0.39, 0.29) is 11.1 Å². The predicted octanol–water partition coefficient (Wildman–Crippen LogP) is 13.4. The van der Waals surface area contributed by atoms with Gasteiger partial charge in [0.2, 0.25) is 34.5 Å². The second kappa shape index (κ2) is 14.5. The predicted molar refractivity (Wildman–Crippen MR) is 266 cm³/mol. The Balaban J connectivity index is 1.04. The van der Waals surface area contributed by atoms with Gasteiger partial charge in [0.25, 0.3) is 0 Å². The molecule has 0 atom stereocenters. The smallest absolute Gasteiger partial charge is 0.208 e. The standard InChI is InChI=1S/C58H36O10/c59-49-45(50(60)54(64)57(67)53(49)63)33-22-24-39-41(26-33)44(36-10-3-4-11-37(36)46(39)48-51(61)55(65)58(68)56(66)52(48)62)32-18-14-28(15-19-32)27-12-16-31(17-13-27)43-35-9-2-1-8-34(35)38-23-20-29-6-5-7-30-21-25-40(43)47(38)42(29)30/h1-26,59-68H. The van der Waals surface area contributed by atoms with E-state index in [9.17, 15) is 51.1 Å². The third kappa shape index (κ3) is 5.51. The number of phenolic OH excluding ortho intramolecular Hbond substituents is 10. The Morgan fingerprint density at radius 1 is 0.191 bits per heavy atom. The van der Waals surface area contributed by atoms with E-state index in [0.717, 1.165) is 27.6 Å². The third-order valence-electron chi connectivity index (χ3n) is 13.5. The maximum Gasteiger partial charge on any atom is 0.208 e. The van der Waals surface area contributed by atoms with E-state index in [1.165, 1.54) is 49.8 Å². The zero-order chi connectivity index (χ0) is 46.9. The van der Waals surface area contributed by atoms with E-state index in [1.807, 2.05) is 24.3 Å². The van der Waals surface area contributed by atoms with Gasteiger partial charge in [-0.25, -0.2) is 0 Å². The van der Waals surface area contributed by atoms with E-state index in [1.54, 1.807) is 30.3 Å². The van der Waals surface area contributed by atoms with Crippen LogP contribution in [-0.2, 0) is 0 Å². The van der Waals surface area contributed by atoms with E-state index < -0.39 is 68.6 Å². The topological polar surface area (TPSA) is 202 Å². The molecule has 0 bridgehead atoms. The van der Waals surface area contributed by atoms with E-state index in [0.29, 0.717) is 32.7 Å². The van der Waals surface area contributed by atoms with E-state index in [4.69, 9.17) is 0 Å². The molecule has 0 saturated heterocycles. The van der Waals surface area contributed by atoms with Crippen molar-refractivity contribution in [2.45, 2.75) is 0 Å². The van der Waals surface area contributed by atoms with Crippen molar-refractivity contribution in [1.82, 2.24) is 0 Å². The number of fused-ring (bicyclic) bond motifs is 4. The van der Waals surface area contributed by atoms with Crippen LogP contribution >= 0.6 is 0 Å². The first-order chi connectivity index (χ1) is 32.9. The zero-order valence-electron chi connectivity index (χ0n) is 35.5. The van der Waals surface area contributed by atoms with Crippen LogP contribution in [0.25, 0.3) is 120 Å². The maximum absolute atomic E-state index is 11.3. The summed E-state index contributed by atoms with van der Waals surface area (Å²) in [6, 6.07) is 51.7. The normalized spacial score (nSPS) is 11.8. The van der Waals surface area contributed by atoms with Crippen LogP contribution in [0.2, 0.25) is 0 Å². The van der Waals surface area contributed by atoms with Crippen LogP contribution in [0, 0.1) is 0 Å². The van der Waals surface area contributed by atoms with E-state index in [2.05, 4.69) is 91.0 Å². The van der Waals surface area contributed by atoms with Crippen molar-refractivity contribution in [3.8, 4) is 113 Å². The number of hydrogen-bond acceptors (Lipinski definition) is 10. The molecule has 0 spiro atoms. The Morgan fingerprint density at radius 2 is 0.559 bits per heavy atom. The Bertz CT molecular complexity index is 4050. The van der Waals surface area contributed by atoms with Crippen LogP contribution in [0.3, 0.4) is 0 Å². The summed E-state index contributed by atoms with van der Waals surface area (Å²) in [5, 5.41) is 119. The Hall–Kier alpha value is -9.54. The molecule has 0 aliphatic carbocycles. The average Bonchev–Trinajstić information content (AvgIpc) is 3.37. The summed E-state index contributed by atoms with van der Waals surface area (Å²) in [4.78, 5) is 0. The summed E-state index contributed by atoms with van der Waals surface area (Å²) < 4.78 is 0. The van der Waals surface area contributed by atoms with Crippen molar-refractivity contribution in [2.24, 2.45) is 0 Å². The molecule has 0 amide bonds. The molecule has 0 unspecified atom stereocenters. The SMILES string of the molecule is Oc1c(O)c(O)c(-c2ccc3c(-c4c(O)c(O)c(O)c(O)c4O)c4ccccc4c(-c4ccc(-c5ccc(-c6c7ccccc7c7ccc8cccc9ccc6c7c98)cc5)cc4)c3c2)c(O)c1O. The van der Waals surface area contributed by atoms with Gasteiger partial charge in [0.15, 0.2) is 23.0 Å². The first kappa shape index (κ1) is 40.0. The van der Waals surface area contributed by atoms with Crippen LogP contribution in [-0.4, -0.2) is 51.1 Å². The number of aromatic hydroxyl groups is 10. The summed E-state index contributed by atoms with van der Waals surface area (Å²) in [6.07, 6.45) is 0. The molecule has 10 heteroatoms. The van der Waals surface area contributed by atoms with Crippen molar-refractivity contribution in [1.29, 1.82) is 0 Å². The zero-order valence-corrected chi connectivity index (χ0v) is 35.5. The quantitative estimate of drug-likeness (QED) is 0.0343. The Labute approximate surface area is 385 Å². The molecule has 0 saturated carbocycles. The van der Waals surface area contributed by atoms with Crippen molar-refractivity contribution >= 4 is 64.6 Å². The first-order valence-electron chi connectivity index (χ1n) is 21.6. The number of phenols is 10. The minimum Gasteiger partial charge on any atom is -0.504 e. The van der Waals surface area contributed by atoms with Gasteiger partial charge in [-0.2, -0.15) is 0 Å². The van der Waals surface area contributed by atoms with Crippen LogP contribution in [0.5, 0.6) is 57.5 Å². The Kier molecular flexibility index (Phi) is 8.52. The molecule has 10 nitrogen and oxygen atoms in total. The average molecular weight is 893 g/mol. The molecular formula is C58H36O10. The molecule has 12 aromatic rings. The minimum atomic E-state index is -1.12. The van der Waals surface area contributed by atoms with Gasteiger partial charge in [0.1, 0.15) is 0 Å². The van der Waals surface area contributed by atoms with Gasteiger partial charge >= 0.3 is 0 Å². The summed E-state index contributed by atoms with van der Waals surface area (Å²) in [7, 11) is 0. The lowest BCUT2D eigenvalue weighted by molar-refractivity contribution is 0.330. The minimum absolute atomic E-state index is 0.0830. The first-order valence-corrected chi connectivity index (χ1v) is 21.6. The fourth-order valence-corrected chi connectivity index (χ4v) is 10.4. The van der Waals surface area contributed by atoms with Crippen molar-refractivity contribution in [3.63, 3.8) is 0 Å². The second-order valence-corrected chi connectivity index (χ2v) is 17.0. The molecule has 10 N–H and O–H groups in total. The lowest BCUT2D eigenvalue weighted by atomic mass is 9.83. The Morgan fingerprint density at radius 3 is 1.09 bits per heavy atom. The lowest BCUT2D eigenvalue weighted by Gasteiger charge is -2.21. The van der Waals surface area contributed by atoms with Gasteiger partial charge in [0.05, 0.1) is 11.1 Å². The van der Waals surface area contributed by atoms with Crippen LogP contribution < -0.4 is 0 Å². The molecule has 0 fully saturated rings. The van der Waals surface area contributed by atoms with Crippen molar-refractivity contribution in [2.75, 3.05) is 0 Å². The summed E-state index contributed by atoms with van der Waals surface area (Å²) in [5.41, 5.74) is 4.86. The van der Waals surface area contributed by atoms with Gasteiger partial charge in [-0.05, 0) is 110 Å². The highest BCUT2D eigenvalue weighted by Gasteiger charge is 2.30. The third-order valence-corrected chi connectivity index (χ3v) is 13.5. The second-order valence-electron chi connectivity index (χ2n) is 17.0. The van der Waals surface area contributed by atoms with Crippen molar-refractivity contribution in [3.05, 3.63) is 158 Å². The van der Waals surface area contributed by atoms with E-state index >= 15 is 0 Å². The molecule has 0 aliphatic heterocycles. The molecular weight excluding hydrogens is 857 g/mol. The number of benzene rings is 12. The molecule has 0 radical (unpaired) electrons. The highest BCUT2D eigenvalue weighted by molar-refractivity contribution is 6.33. The molecule has 0 aliphatic rings. The highest BCUT2D eigenvalue weighted by Crippen LogP contribution is 2.59. The van der Waals surface area contributed by atoms with Gasteiger partial charge in [-0.15, -0.1) is 0 Å². The molecule has 0 heterocycles. The van der Waals surface area contributed by atoms with Gasteiger partial charge in [0, 0.05) is 5.56 Å². The molecule has 12 rings (SSSR count). The summed E-state index contributed by atoms with van der Waals surface area (Å²) >= 11 is 0. The molecule has 0 aromatic heterocycles. The van der Waals surface area contributed by atoms with Crippen LogP contribution in [0.15, 0.2) is 158 Å². The fourth-order valence-electron chi connectivity index (χ4n) is 10.4. The molecule has 68 heavy (non-hydrogen) atoms. The summed E-state index contributed by atoms with van der Waals surface area (Å²) in [6.45, 7) is 0. The van der Waals surface area contributed by atoms with Gasteiger partial charge in [-0.3, -0.25) is 0 Å². The van der Waals surface area contributed by atoms with Crippen molar-refractivity contribution < 1.29 is 51.1 Å². The van der Waals surface area contributed by atoms with Crippen LogP contribution in [0.1, 0.15) is 0 Å². The highest BCUT2D eigenvalue weighted by atomic mass is 16.4. The van der Waals surface area contributed by atoms with Gasteiger partial charge in [-0.1, -0.05) is 152 Å². The summed E-state index contributed by atoms with van der Waals surface area (Å²) in [5.74, 6) is -10.1. The largest absolute Gasteiger partial charge is 0.504 e. The van der Waals surface area contributed by atoms with Crippen LogP contribution in [0.4, 0.5) is 0 Å². The maximum atomic E-state index is 11.3. The fraction of sp³-hybridized carbons (Fsp3) is 0.